The molecule has 0 aromatic heterocycles. The van der Waals surface area contributed by atoms with Crippen LogP contribution in [0.4, 0.5) is 5.69 Å². The Labute approximate surface area is 107 Å². The third-order valence-corrected chi connectivity index (χ3v) is 3.84. The topological polar surface area (TPSA) is 52.6 Å². The Morgan fingerprint density at radius 1 is 1.33 bits per heavy atom. The van der Waals surface area contributed by atoms with Crippen molar-refractivity contribution in [3.63, 3.8) is 0 Å². The van der Waals surface area contributed by atoms with Crippen molar-refractivity contribution in [3.05, 3.63) is 30.3 Å². The number of rotatable bonds is 4. The average molecular weight is 246 g/mol. The standard InChI is InChI=1S/C14H18N2O2/c17-13(8-15-12-4-2-1-3-5-12)16-9-14(18,10-16)11-6-7-11/h1-5,11,15,18H,6-10H2. The Hall–Kier alpha value is -1.55. The summed E-state index contributed by atoms with van der Waals surface area (Å²) in [5.74, 6) is 0.493. The van der Waals surface area contributed by atoms with Gasteiger partial charge in [-0.1, -0.05) is 18.2 Å². The van der Waals surface area contributed by atoms with E-state index >= 15 is 0 Å². The number of carbonyl (C=O) groups excluding carboxylic acids is 1. The number of β-amino-alcohol motifs (C(OH)–C–C–N with tert-alkyl or cyclic N) is 1. The van der Waals surface area contributed by atoms with E-state index in [1.165, 1.54) is 0 Å². The molecule has 0 unspecified atom stereocenters. The molecule has 4 nitrogen and oxygen atoms in total. The Morgan fingerprint density at radius 3 is 2.61 bits per heavy atom. The van der Waals surface area contributed by atoms with E-state index in [1.807, 2.05) is 30.3 Å². The molecule has 2 fully saturated rings. The molecule has 4 heteroatoms. The van der Waals surface area contributed by atoms with Crippen LogP contribution in [-0.4, -0.2) is 41.1 Å². The lowest BCUT2D eigenvalue weighted by molar-refractivity contribution is -0.157. The maximum atomic E-state index is 11.9. The van der Waals surface area contributed by atoms with Crippen LogP contribution in [-0.2, 0) is 4.79 Å². The van der Waals surface area contributed by atoms with Gasteiger partial charge in [0.2, 0.25) is 5.91 Å². The van der Waals surface area contributed by atoms with Gasteiger partial charge in [-0.2, -0.15) is 0 Å². The molecular weight excluding hydrogens is 228 g/mol. The highest BCUT2D eigenvalue weighted by Crippen LogP contribution is 2.44. The number of anilines is 1. The van der Waals surface area contributed by atoms with Gasteiger partial charge in [-0.3, -0.25) is 4.79 Å². The summed E-state index contributed by atoms with van der Waals surface area (Å²) in [6.45, 7) is 1.31. The van der Waals surface area contributed by atoms with E-state index in [0.717, 1.165) is 18.5 Å². The highest BCUT2D eigenvalue weighted by molar-refractivity contribution is 5.82. The molecule has 1 saturated heterocycles. The molecule has 1 aromatic rings. The predicted octanol–water partition coefficient (Wildman–Crippen LogP) is 1.08. The van der Waals surface area contributed by atoms with Crippen molar-refractivity contribution in [1.82, 2.24) is 4.90 Å². The number of benzene rings is 1. The van der Waals surface area contributed by atoms with Crippen molar-refractivity contribution in [2.75, 3.05) is 25.0 Å². The van der Waals surface area contributed by atoms with E-state index in [-0.39, 0.29) is 5.91 Å². The molecule has 0 spiro atoms. The fourth-order valence-corrected chi connectivity index (χ4v) is 2.52. The summed E-state index contributed by atoms with van der Waals surface area (Å²) in [5.41, 5.74) is 0.367. The highest BCUT2D eigenvalue weighted by Gasteiger charge is 2.53. The van der Waals surface area contributed by atoms with E-state index < -0.39 is 5.60 Å². The van der Waals surface area contributed by atoms with Crippen molar-refractivity contribution < 1.29 is 9.90 Å². The predicted molar refractivity (Wildman–Crippen MR) is 69.2 cm³/mol. The molecule has 3 rings (SSSR count). The lowest BCUT2D eigenvalue weighted by atomic mass is 9.89. The maximum absolute atomic E-state index is 11.9. The van der Waals surface area contributed by atoms with Crippen LogP contribution in [0.15, 0.2) is 30.3 Å². The van der Waals surface area contributed by atoms with E-state index in [0.29, 0.717) is 25.6 Å². The molecule has 1 saturated carbocycles. The van der Waals surface area contributed by atoms with E-state index in [2.05, 4.69) is 5.32 Å². The Bertz CT molecular complexity index is 436. The quantitative estimate of drug-likeness (QED) is 0.836. The van der Waals surface area contributed by atoms with Crippen molar-refractivity contribution in [3.8, 4) is 0 Å². The minimum absolute atomic E-state index is 0.0594. The normalized spacial score (nSPS) is 21.3. The fraction of sp³-hybridized carbons (Fsp3) is 0.500. The largest absolute Gasteiger partial charge is 0.386 e. The second-order valence-corrected chi connectivity index (χ2v) is 5.35. The first kappa shape index (κ1) is 11.5. The third-order valence-electron chi connectivity index (χ3n) is 3.84. The van der Waals surface area contributed by atoms with Crippen LogP contribution in [0.2, 0.25) is 0 Å². The number of aliphatic hydroxyl groups is 1. The molecule has 1 amide bonds. The lowest BCUT2D eigenvalue weighted by Crippen LogP contribution is -2.65. The zero-order valence-corrected chi connectivity index (χ0v) is 10.3. The van der Waals surface area contributed by atoms with Crippen molar-refractivity contribution >= 4 is 11.6 Å². The molecule has 2 N–H and O–H groups in total. The van der Waals surface area contributed by atoms with Gasteiger partial charge in [0, 0.05) is 5.69 Å². The monoisotopic (exact) mass is 246 g/mol. The highest BCUT2D eigenvalue weighted by atomic mass is 16.3. The number of hydrogen-bond acceptors (Lipinski definition) is 3. The first-order valence-electron chi connectivity index (χ1n) is 6.46. The minimum atomic E-state index is -0.581. The van der Waals surface area contributed by atoms with Gasteiger partial charge in [-0.05, 0) is 30.9 Å². The van der Waals surface area contributed by atoms with Crippen molar-refractivity contribution in [1.29, 1.82) is 0 Å². The zero-order valence-electron chi connectivity index (χ0n) is 10.3. The molecule has 0 atom stereocenters. The van der Waals surface area contributed by atoms with Gasteiger partial charge in [-0.25, -0.2) is 0 Å². The maximum Gasteiger partial charge on any atom is 0.242 e. The lowest BCUT2D eigenvalue weighted by Gasteiger charge is -2.47. The number of para-hydroxylation sites is 1. The molecule has 1 aromatic carbocycles. The molecule has 1 aliphatic heterocycles. The van der Waals surface area contributed by atoms with Crippen LogP contribution >= 0.6 is 0 Å². The molecule has 18 heavy (non-hydrogen) atoms. The second kappa shape index (κ2) is 4.28. The van der Waals surface area contributed by atoms with E-state index in [4.69, 9.17) is 0 Å². The number of hydrogen-bond donors (Lipinski definition) is 2. The zero-order chi connectivity index (χ0) is 12.6. The summed E-state index contributed by atoms with van der Waals surface area (Å²) < 4.78 is 0. The molecule has 1 aliphatic carbocycles. The van der Waals surface area contributed by atoms with Gasteiger partial charge >= 0.3 is 0 Å². The summed E-state index contributed by atoms with van der Waals surface area (Å²) in [7, 11) is 0. The summed E-state index contributed by atoms with van der Waals surface area (Å²) >= 11 is 0. The van der Waals surface area contributed by atoms with Gasteiger partial charge in [0.25, 0.3) is 0 Å². The average Bonchev–Trinajstić information content (AvgIpc) is 3.18. The van der Waals surface area contributed by atoms with Crippen molar-refractivity contribution in [2.45, 2.75) is 18.4 Å². The van der Waals surface area contributed by atoms with Crippen LogP contribution in [0.1, 0.15) is 12.8 Å². The molecule has 0 bridgehead atoms. The first-order valence-corrected chi connectivity index (χ1v) is 6.46. The minimum Gasteiger partial charge on any atom is -0.386 e. The van der Waals surface area contributed by atoms with Crippen LogP contribution in [0, 0.1) is 5.92 Å². The molecular formula is C14H18N2O2. The van der Waals surface area contributed by atoms with E-state index in [1.54, 1.807) is 4.90 Å². The number of nitrogens with zero attached hydrogens (tertiary/aromatic N) is 1. The number of amides is 1. The number of nitrogens with one attached hydrogen (secondary N) is 1. The molecule has 96 valence electrons. The second-order valence-electron chi connectivity index (χ2n) is 5.35. The van der Waals surface area contributed by atoms with Gasteiger partial charge in [0.15, 0.2) is 0 Å². The molecule has 1 heterocycles. The van der Waals surface area contributed by atoms with Crippen LogP contribution in [0.5, 0.6) is 0 Å². The SMILES string of the molecule is O=C(CNc1ccccc1)N1CC(O)(C2CC2)C1. The Kier molecular flexibility index (Phi) is 2.74. The first-order chi connectivity index (χ1) is 8.67. The van der Waals surface area contributed by atoms with Crippen molar-refractivity contribution in [2.24, 2.45) is 5.92 Å². The van der Waals surface area contributed by atoms with Crippen LogP contribution in [0.3, 0.4) is 0 Å². The fourth-order valence-electron chi connectivity index (χ4n) is 2.52. The third kappa shape index (κ3) is 2.20. The smallest absolute Gasteiger partial charge is 0.242 e. The van der Waals surface area contributed by atoms with E-state index in [9.17, 15) is 9.90 Å². The number of likely N-dealkylation sites (tertiary alicyclic amines) is 1. The molecule has 2 aliphatic rings. The van der Waals surface area contributed by atoms with Gasteiger partial charge < -0.3 is 15.3 Å². The Morgan fingerprint density at radius 2 is 2.00 bits per heavy atom. The Balaban J connectivity index is 1.46. The summed E-state index contributed by atoms with van der Waals surface area (Å²) in [6, 6.07) is 9.68. The van der Waals surface area contributed by atoms with Gasteiger partial charge in [0.05, 0.1) is 19.6 Å². The summed E-state index contributed by atoms with van der Waals surface area (Å²) in [6.07, 6.45) is 2.22. The summed E-state index contributed by atoms with van der Waals surface area (Å²) in [4.78, 5) is 13.6. The van der Waals surface area contributed by atoms with Gasteiger partial charge in [-0.15, -0.1) is 0 Å². The van der Waals surface area contributed by atoms with Gasteiger partial charge in [0.1, 0.15) is 5.60 Å². The summed E-state index contributed by atoms with van der Waals surface area (Å²) in [5, 5.41) is 13.2. The molecule has 0 radical (unpaired) electrons. The number of carbonyl (C=O) groups is 1. The van der Waals surface area contributed by atoms with Crippen LogP contribution in [0.25, 0.3) is 0 Å². The van der Waals surface area contributed by atoms with Crippen LogP contribution < -0.4 is 5.32 Å².